The second-order valence-electron chi connectivity index (χ2n) is 9.92. The zero-order valence-corrected chi connectivity index (χ0v) is 21.4. The molecule has 178 valence electrons. The number of amides is 2. The summed E-state index contributed by atoms with van der Waals surface area (Å²) in [5.74, 6) is 0. The molecule has 1 aliphatic heterocycles. The zero-order valence-electron chi connectivity index (χ0n) is 19.8. The predicted octanol–water partition coefficient (Wildman–Crippen LogP) is 7.50. The molecule has 0 radical (unpaired) electrons. The lowest BCUT2D eigenvalue weighted by atomic mass is 9.90. The molecule has 3 aliphatic rings. The molecule has 4 nitrogen and oxygen atoms in total. The number of nitrogens with zero attached hydrogens (tertiary/aromatic N) is 2. The molecule has 1 atom stereocenters. The summed E-state index contributed by atoms with van der Waals surface area (Å²) in [6, 6.07) is 14.9. The van der Waals surface area contributed by atoms with E-state index >= 15 is 0 Å². The van der Waals surface area contributed by atoms with Gasteiger partial charge >= 0.3 is 6.03 Å². The average Bonchev–Trinajstić information content (AvgIpc) is 3.64. The number of hydrogen-bond acceptors (Lipinski definition) is 3. The van der Waals surface area contributed by atoms with Crippen LogP contribution in [0.5, 0.6) is 0 Å². The smallest absolute Gasteiger partial charge is 0.310 e. The summed E-state index contributed by atoms with van der Waals surface area (Å²) in [6.45, 7) is 0.645. The summed E-state index contributed by atoms with van der Waals surface area (Å²) < 4.78 is 2.36. The van der Waals surface area contributed by atoms with Crippen LogP contribution in [-0.4, -0.2) is 15.5 Å². The van der Waals surface area contributed by atoms with Gasteiger partial charge in [-0.25, -0.2) is 4.79 Å². The number of nitrogens with one attached hydrogen (secondary N) is 1. The molecule has 0 spiro atoms. The molecule has 6 heteroatoms. The van der Waals surface area contributed by atoms with Crippen LogP contribution in [0, 0.1) is 0 Å². The van der Waals surface area contributed by atoms with Gasteiger partial charge in [-0.15, -0.1) is 22.7 Å². The Morgan fingerprint density at radius 3 is 2.63 bits per heavy atom. The number of hydrogen-bond donors (Lipinski definition) is 1. The van der Waals surface area contributed by atoms with Crippen molar-refractivity contribution in [3.63, 3.8) is 0 Å². The van der Waals surface area contributed by atoms with Gasteiger partial charge in [0.25, 0.3) is 0 Å². The normalized spacial score (nSPS) is 18.7. The summed E-state index contributed by atoms with van der Waals surface area (Å²) in [4.78, 5) is 19.0. The third-order valence-corrected chi connectivity index (χ3v) is 10.1. The number of carbonyl (C=O) groups excluding carboxylic acids is 1. The summed E-state index contributed by atoms with van der Waals surface area (Å²) in [6.07, 6.45) is 11.6. The molecular weight excluding hydrogens is 470 g/mol. The highest BCUT2D eigenvalue weighted by Crippen LogP contribution is 2.45. The van der Waals surface area contributed by atoms with E-state index in [9.17, 15) is 4.79 Å². The van der Waals surface area contributed by atoms with Gasteiger partial charge in [0.1, 0.15) is 11.0 Å². The molecule has 4 aromatic rings. The quantitative estimate of drug-likeness (QED) is 0.305. The lowest BCUT2D eigenvalue weighted by Gasteiger charge is -2.31. The number of rotatable bonds is 2. The van der Waals surface area contributed by atoms with Crippen LogP contribution < -0.4 is 5.32 Å². The van der Waals surface area contributed by atoms with Crippen LogP contribution in [0.4, 0.5) is 10.5 Å². The lowest BCUT2D eigenvalue weighted by Crippen LogP contribution is -2.38. The first-order chi connectivity index (χ1) is 17.3. The van der Waals surface area contributed by atoms with Crippen molar-refractivity contribution in [2.75, 3.05) is 5.32 Å². The van der Waals surface area contributed by atoms with Crippen molar-refractivity contribution in [2.24, 2.45) is 0 Å². The van der Waals surface area contributed by atoms with E-state index in [1.54, 1.807) is 11.3 Å². The summed E-state index contributed by atoms with van der Waals surface area (Å²) in [5, 5.41) is 6.80. The molecule has 7 rings (SSSR count). The fourth-order valence-corrected chi connectivity index (χ4v) is 8.47. The molecule has 2 amide bonds. The Kier molecular flexibility index (Phi) is 5.32. The Bertz CT molecular complexity index is 1400. The molecule has 35 heavy (non-hydrogen) atoms. The summed E-state index contributed by atoms with van der Waals surface area (Å²) in [7, 11) is 0. The lowest BCUT2D eigenvalue weighted by molar-refractivity contribution is 0.195. The predicted molar refractivity (Wildman–Crippen MR) is 144 cm³/mol. The Balaban J connectivity index is 1.34. The van der Waals surface area contributed by atoms with Crippen molar-refractivity contribution in [3.05, 3.63) is 91.7 Å². The van der Waals surface area contributed by atoms with E-state index < -0.39 is 0 Å². The minimum absolute atomic E-state index is 0.00117. The molecule has 0 fully saturated rings. The number of thiophene rings is 2. The molecule has 2 aliphatic carbocycles. The van der Waals surface area contributed by atoms with Crippen LogP contribution in [0.3, 0.4) is 0 Å². The molecule has 1 unspecified atom stereocenters. The molecule has 3 aromatic heterocycles. The number of aromatic nitrogens is 1. The number of anilines is 1. The summed E-state index contributed by atoms with van der Waals surface area (Å²) in [5.41, 5.74) is 7.73. The monoisotopic (exact) mass is 499 g/mol. The Morgan fingerprint density at radius 1 is 0.886 bits per heavy atom. The third-order valence-electron chi connectivity index (χ3n) is 7.89. The Morgan fingerprint density at radius 2 is 1.74 bits per heavy atom. The van der Waals surface area contributed by atoms with E-state index in [0.717, 1.165) is 24.9 Å². The maximum Gasteiger partial charge on any atom is 0.323 e. The second-order valence-corrected chi connectivity index (χ2v) is 12.0. The zero-order chi connectivity index (χ0) is 23.4. The largest absolute Gasteiger partial charge is 0.323 e. The van der Waals surface area contributed by atoms with Crippen LogP contribution in [0.1, 0.15) is 69.4 Å². The number of urea groups is 1. The Hall–Kier alpha value is -2.83. The highest BCUT2D eigenvalue weighted by Gasteiger charge is 2.36. The van der Waals surface area contributed by atoms with Crippen LogP contribution >= 0.6 is 22.7 Å². The minimum atomic E-state index is -0.108. The first-order valence-electron chi connectivity index (χ1n) is 12.8. The number of carbonyl (C=O) groups is 1. The minimum Gasteiger partial charge on any atom is -0.310 e. The average molecular weight is 500 g/mol. The van der Waals surface area contributed by atoms with Crippen LogP contribution in [-0.2, 0) is 32.2 Å². The van der Waals surface area contributed by atoms with Crippen molar-refractivity contribution in [1.82, 2.24) is 9.47 Å². The molecule has 0 bridgehead atoms. The fraction of sp³-hybridized carbons (Fsp3) is 0.345. The Labute approximate surface area is 214 Å². The standard InChI is InChI=1S/C29H29N3OS2/c33-29(30-23-12-5-9-19-8-1-2-10-20(19)23)32-18-22-21-11-3-4-14-25(21)35-28(22)31-16-6-13-24(31)27(32)26-15-7-17-34-26/h5-7,9,12-13,15-17,27H,1-4,8,10-11,14,18H2,(H,30,33). The first-order valence-corrected chi connectivity index (χ1v) is 14.5. The molecule has 1 aromatic carbocycles. The van der Waals surface area contributed by atoms with E-state index in [2.05, 4.69) is 68.8 Å². The van der Waals surface area contributed by atoms with Crippen molar-refractivity contribution < 1.29 is 4.79 Å². The van der Waals surface area contributed by atoms with Crippen molar-refractivity contribution in [3.8, 4) is 5.00 Å². The van der Waals surface area contributed by atoms with Crippen molar-refractivity contribution >= 4 is 34.4 Å². The van der Waals surface area contributed by atoms with E-state index in [1.165, 1.54) is 74.8 Å². The van der Waals surface area contributed by atoms with Gasteiger partial charge in [-0.2, -0.15) is 0 Å². The van der Waals surface area contributed by atoms with Gasteiger partial charge in [0.2, 0.25) is 0 Å². The van der Waals surface area contributed by atoms with Gasteiger partial charge in [-0.1, -0.05) is 18.2 Å². The van der Waals surface area contributed by atoms with Gasteiger partial charge < -0.3 is 14.8 Å². The van der Waals surface area contributed by atoms with Crippen molar-refractivity contribution in [1.29, 1.82) is 0 Å². The van der Waals surface area contributed by atoms with Gasteiger partial charge in [-0.05, 0) is 97.7 Å². The number of aryl methyl sites for hydroxylation is 2. The molecule has 4 heterocycles. The maximum atomic E-state index is 14.2. The van der Waals surface area contributed by atoms with Gasteiger partial charge in [0.05, 0.1) is 12.2 Å². The number of benzene rings is 1. The second kappa shape index (κ2) is 8.68. The van der Waals surface area contributed by atoms with E-state index in [0.29, 0.717) is 6.54 Å². The van der Waals surface area contributed by atoms with Gasteiger partial charge in [0.15, 0.2) is 0 Å². The van der Waals surface area contributed by atoms with Crippen LogP contribution in [0.25, 0.3) is 5.00 Å². The van der Waals surface area contributed by atoms with Gasteiger partial charge in [-0.3, -0.25) is 0 Å². The van der Waals surface area contributed by atoms with E-state index in [1.807, 2.05) is 11.3 Å². The van der Waals surface area contributed by atoms with Gasteiger partial charge in [0, 0.05) is 27.2 Å². The topological polar surface area (TPSA) is 37.3 Å². The number of fused-ring (bicyclic) bond motifs is 6. The SMILES string of the molecule is O=C(Nc1cccc2c1CCCC2)N1Cc2c(sc3c2CCCC3)-n2cccc2C1c1cccs1. The first kappa shape index (κ1) is 21.5. The highest BCUT2D eigenvalue weighted by molar-refractivity contribution is 7.15. The maximum absolute atomic E-state index is 14.2. The summed E-state index contributed by atoms with van der Waals surface area (Å²) >= 11 is 3.68. The van der Waals surface area contributed by atoms with Crippen molar-refractivity contribution in [2.45, 2.75) is 64.0 Å². The van der Waals surface area contributed by atoms with Crippen LogP contribution in [0.15, 0.2) is 54.0 Å². The molecular formula is C29H29N3OS2. The molecule has 1 N–H and O–H groups in total. The third kappa shape index (κ3) is 3.57. The molecule has 0 saturated heterocycles. The van der Waals surface area contributed by atoms with E-state index in [4.69, 9.17) is 0 Å². The highest BCUT2D eigenvalue weighted by atomic mass is 32.1. The molecule has 0 saturated carbocycles. The van der Waals surface area contributed by atoms with Crippen LogP contribution in [0.2, 0.25) is 0 Å². The fourth-order valence-electron chi connectivity index (χ4n) is 6.22. The van der Waals surface area contributed by atoms with E-state index in [-0.39, 0.29) is 12.1 Å².